The van der Waals surface area contributed by atoms with Crippen LogP contribution in [0.25, 0.3) is 0 Å². The van der Waals surface area contributed by atoms with Gasteiger partial charge in [-0.25, -0.2) is 0 Å². The van der Waals surface area contributed by atoms with E-state index >= 15 is 0 Å². The first-order valence-electron chi connectivity index (χ1n) is 8.57. The Bertz CT molecular complexity index is 283. The van der Waals surface area contributed by atoms with Crippen molar-refractivity contribution in [1.82, 2.24) is 5.32 Å². The lowest BCUT2D eigenvalue weighted by molar-refractivity contribution is 0.213. The first-order valence-corrected chi connectivity index (χ1v) is 8.57. The van der Waals surface area contributed by atoms with Gasteiger partial charge in [0.25, 0.3) is 0 Å². The lowest BCUT2D eigenvalue weighted by atomic mass is 9.76. The van der Waals surface area contributed by atoms with Crippen molar-refractivity contribution in [1.29, 1.82) is 0 Å². The maximum atomic E-state index is 3.92. The van der Waals surface area contributed by atoms with Crippen LogP contribution in [0.3, 0.4) is 0 Å². The molecule has 0 aromatic carbocycles. The summed E-state index contributed by atoms with van der Waals surface area (Å²) < 4.78 is 0. The van der Waals surface area contributed by atoms with Crippen molar-refractivity contribution in [3.05, 3.63) is 0 Å². The third kappa shape index (κ3) is 3.97. The van der Waals surface area contributed by atoms with E-state index in [2.05, 4.69) is 39.9 Å². The molecule has 2 aliphatic carbocycles. The van der Waals surface area contributed by atoms with Gasteiger partial charge in [-0.15, -0.1) is 0 Å². The summed E-state index contributed by atoms with van der Waals surface area (Å²) in [6, 6.07) is 0.795. The maximum absolute atomic E-state index is 3.92. The molecule has 0 amide bonds. The van der Waals surface area contributed by atoms with Crippen LogP contribution in [0.15, 0.2) is 0 Å². The predicted molar refractivity (Wildman–Crippen MR) is 84.3 cm³/mol. The Morgan fingerprint density at radius 1 is 1.05 bits per heavy atom. The summed E-state index contributed by atoms with van der Waals surface area (Å²) in [5.74, 6) is 1.78. The van der Waals surface area contributed by atoms with Crippen LogP contribution in [0.4, 0.5) is 0 Å². The summed E-state index contributed by atoms with van der Waals surface area (Å²) >= 11 is 0. The van der Waals surface area contributed by atoms with Gasteiger partial charge in [-0.3, -0.25) is 0 Å². The summed E-state index contributed by atoms with van der Waals surface area (Å²) in [5.41, 5.74) is 1.17. The van der Waals surface area contributed by atoms with Crippen molar-refractivity contribution in [2.24, 2.45) is 22.7 Å². The molecule has 2 rings (SSSR count). The normalized spacial score (nSPS) is 31.3. The number of rotatable bonds is 4. The molecule has 0 aromatic heterocycles. The fraction of sp³-hybridized carbons (Fsp3) is 1.00. The molecule has 2 fully saturated rings. The van der Waals surface area contributed by atoms with Crippen molar-refractivity contribution in [2.75, 3.05) is 6.54 Å². The van der Waals surface area contributed by atoms with Crippen LogP contribution in [-0.4, -0.2) is 12.6 Å². The predicted octanol–water partition coefficient (Wildman–Crippen LogP) is 5.01. The van der Waals surface area contributed by atoms with E-state index in [0.29, 0.717) is 10.8 Å². The lowest BCUT2D eigenvalue weighted by Gasteiger charge is -2.30. The largest absolute Gasteiger partial charge is 0.313 e. The fourth-order valence-corrected chi connectivity index (χ4v) is 3.84. The second-order valence-corrected chi connectivity index (χ2v) is 8.67. The molecule has 0 bridgehead atoms. The molecule has 2 aliphatic rings. The van der Waals surface area contributed by atoms with E-state index in [1.165, 1.54) is 51.5 Å². The van der Waals surface area contributed by atoms with E-state index in [4.69, 9.17) is 0 Å². The van der Waals surface area contributed by atoms with Gasteiger partial charge in [-0.1, -0.05) is 41.0 Å². The van der Waals surface area contributed by atoms with Crippen molar-refractivity contribution < 1.29 is 0 Å². The van der Waals surface area contributed by atoms with Gasteiger partial charge in [0.2, 0.25) is 0 Å². The molecule has 0 saturated heterocycles. The summed E-state index contributed by atoms with van der Waals surface area (Å²) in [6.45, 7) is 13.3. The smallest absolute Gasteiger partial charge is 0.00674 e. The van der Waals surface area contributed by atoms with Crippen LogP contribution >= 0.6 is 0 Å². The van der Waals surface area contributed by atoms with Gasteiger partial charge in [0.05, 0.1) is 0 Å². The number of nitrogens with one attached hydrogen (secondary N) is 1. The molecule has 2 unspecified atom stereocenters. The Hall–Kier alpha value is -0.0400. The highest BCUT2D eigenvalue weighted by atomic mass is 14.9. The van der Waals surface area contributed by atoms with Crippen molar-refractivity contribution in [3.63, 3.8) is 0 Å². The maximum Gasteiger partial charge on any atom is 0.00674 e. The third-order valence-electron chi connectivity index (χ3n) is 6.05. The molecule has 2 saturated carbocycles. The highest BCUT2D eigenvalue weighted by molar-refractivity contribution is 4.98. The molecule has 0 spiro atoms. The average molecular weight is 265 g/mol. The molecule has 1 heteroatoms. The Morgan fingerprint density at radius 3 is 2.26 bits per heavy atom. The van der Waals surface area contributed by atoms with E-state index in [9.17, 15) is 0 Å². The van der Waals surface area contributed by atoms with E-state index in [0.717, 1.165) is 17.9 Å². The summed E-state index contributed by atoms with van der Waals surface area (Å²) in [4.78, 5) is 0. The monoisotopic (exact) mass is 265 g/mol. The highest BCUT2D eigenvalue weighted by Gasteiger charge is 2.45. The van der Waals surface area contributed by atoms with Gasteiger partial charge in [0.15, 0.2) is 0 Å². The Kier molecular flexibility index (Phi) is 4.65. The van der Waals surface area contributed by atoms with Crippen molar-refractivity contribution in [2.45, 2.75) is 85.6 Å². The van der Waals surface area contributed by atoms with Gasteiger partial charge in [-0.2, -0.15) is 0 Å². The topological polar surface area (TPSA) is 12.0 Å². The van der Waals surface area contributed by atoms with E-state index in [1.54, 1.807) is 0 Å². The first kappa shape index (κ1) is 15.4. The van der Waals surface area contributed by atoms with Crippen LogP contribution < -0.4 is 5.32 Å². The minimum Gasteiger partial charge on any atom is -0.313 e. The highest BCUT2D eigenvalue weighted by Crippen LogP contribution is 2.51. The van der Waals surface area contributed by atoms with E-state index in [1.807, 2.05) is 0 Å². The second-order valence-electron chi connectivity index (χ2n) is 8.67. The Labute approximate surface area is 120 Å². The Balaban J connectivity index is 1.77. The molecule has 0 aliphatic heterocycles. The molecule has 1 nitrogen and oxygen atoms in total. The zero-order chi connectivity index (χ0) is 14.1. The number of hydrogen-bond donors (Lipinski definition) is 1. The molecular weight excluding hydrogens is 230 g/mol. The second kappa shape index (κ2) is 5.76. The zero-order valence-corrected chi connectivity index (χ0v) is 13.9. The molecule has 112 valence electrons. The zero-order valence-electron chi connectivity index (χ0n) is 13.9. The van der Waals surface area contributed by atoms with Crippen LogP contribution in [0.5, 0.6) is 0 Å². The minimum absolute atomic E-state index is 0.505. The summed E-state index contributed by atoms with van der Waals surface area (Å²) in [6.07, 6.45) is 10.0. The van der Waals surface area contributed by atoms with E-state index < -0.39 is 0 Å². The van der Waals surface area contributed by atoms with Crippen molar-refractivity contribution >= 4 is 0 Å². The van der Waals surface area contributed by atoms with Crippen LogP contribution in [-0.2, 0) is 0 Å². The van der Waals surface area contributed by atoms with Gasteiger partial charge in [-0.05, 0) is 61.2 Å². The minimum atomic E-state index is 0.505. The lowest BCUT2D eigenvalue weighted by Crippen LogP contribution is -2.35. The van der Waals surface area contributed by atoms with Crippen LogP contribution in [0, 0.1) is 22.7 Å². The van der Waals surface area contributed by atoms with E-state index in [-0.39, 0.29) is 0 Å². The van der Waals surface area contributed by atoms with Crippen LogP contribution in [0.2, 0.25) is 0 Å². The summed E-state index contributed by atoms with van der Waals surface area (Å²) in [5, 5.41) is 3.92. The fourth-order valence-electron chi connectivity index (χ4n) is 3.84. The molecule has 19 heavy (non-hydrogen) atoms. The van der Waals surface area contributed by atoms with Crippen LogP contribution in [0.1, 0.15) is 79.6 Å². The third-order valence-corrected chi connectivity index (χ3v) is 6.05. The molecule has 0 radical (unpaired) electrons. The van der Waals surface area contributed by atoms with Crippen molar-refractivity contribution in [3.8, 4) is 0 Å². The Morgan fingerprint density at radius 2 is 1.74 bits per heavy atom. The first-order chi connectivity index (χ1) is 8.83. The molecule has 1 N–H and O–H groups in total. The standard InChI is InChI=1S/C18H35N/c1-14(2)18(11-12-18)13-19-16-8-6-7-15(9-10-16)17(3,4)5/h14-16,19H,6-13H2,1-5H3. The molecule has 2 atom stereocenters. The quantitative estimate of drug-likeness (QED) is 0.705. The molecule has 0 heterocycles. The number of hydrogen-bond acceptors (Lipinski definition) is 1. The SMILES string of the molecule is CC(C)C1(CNC2CCCC(C(C)(C)C)CC2)CC1. The van der Waals surface area contributed by atoms with Gasteiger partial charge >= 0.3 is 0 Å². The average Bonchev–Trinajstić information content (AvgIpc) is 3.10. The van der Waals surface area contributed by atoms with Gasteiger partial charge in [0.1, 0.15) is 0 Å². The molecule has 0 aromatic rings. The van der Waals surface area contributed by atoms with Gasteiger partial charge in [0, 0.05) is 12.6 Å². The molecular formula is C18H35N. The summed E-state index contributed by atoms with van der Waals surface area (Å²) in [7, 11) is 0. The van der Waals surface area contributed by atoms with Gasteiger partial charge < -0.3 is 5.32 Å².